The minimum atomic E-state index is 0. The molecule has 2 aliphatic rings. The molecule has 1 unspecified atom stereocenters. The van der Waals surface area contributed by atoms with Gasteiger partial charge < -0.3 is 14.6 Å². The molecule has 2 fully saturated rings. The Labute approximate surface area is 107 Å². The summed E-state index contributed by atoms with van der Waals surface area (Å²) in [6.45, 7) is 2.91. The van der Waals surface area contributed by atoms with Crippen LogP contribution in [0.25, 0.3) is 0 Å². The third kappa shape index (κ3) is 2.78. The quantitative estimate of drug-likeness (QED) is 0.878. The molecule has 3 rings (SSSR count). The van der Waals surface area contributed by atoms with Crippen molar-refractivity contribution in [2.24, 2.45) is 0 Å². The van der Waals surface area contributed by atoms with E-state index < -0.39 is 0 Å². The first-order valence-electron chi connectivity index (χ1n) is 6.09. The van der Waals surface area contributed by atoms with Crippen molar-refractivity contribution in [1.82, 2.24) is 15.5 Å². The van der Waals surface area contributed by atoms with Crippen molar-refractivity contribution in [3.05, 3.63) is 11.7 Å². The number of ether oxygens (including phenoxy) is 1. The lowest BCUT2D eigenvalue weighted by Crippen LogP contribution is -2.26. The van der Waals surface area contributed by atoms with E-state index in [-0.39, 0.29) is 18.5 Å². The van der Waals surface area contributed by atoms with E-state index in [1.54, 1.807) is 0 Å². The second-order valence-corrected chi connectivity index (χ2v) is 4.52. The highest BCUT2D eigenvalue weighted by atomic mass is 35.5. The smallest absolute Gasteiger partial charge is 0.229 e. The summed E-state index contributed by atoms with van der Waals surface area (Å²) < 4.78 is 10.9. The second kappa shape index (κ2) is 5.80. The molecule has 0 bridgehead atoms. The molecule has 17 heavy (non-hydrogen) atoms. The number of nitrogens with zero attached hydrogens (tertiary/aromatic N) is 2. The monoisotopic (exact) mass is 259 g/mol. The van der Waals surface area contributed by atoms with Gasteiger partial charge in [0.2, 0.25) is 11.7 Å². The lowest BCUT2D eigenvalue weighted by Gasteiger charge is -2.18. The number of aromatic nitrogens is 2. The minimum absolute atomic E-state index is 0. The molecule has 2 aliphatic heterocycles. The maximum atomic E-state index is 5.54. The summed E-state index contributed by atoms with van der Waals surface area (Å²) in [5, 5.41) is 7.37. The fourth-order valence-corrected chi connectivity index (χ4v) is 2.39. The van der Waals surface area contributed by atoms with Gasteiger partial charge in [-0.25, -0.2) is 0 Å². The van der Waals surface area contributed by atoms with Gasteiger partial charge >= 0.3 is 0 Å². The number of hydrogen-bond donors (Lipinski definition) is 1. The zero-order valence-corrected chi connectivity index (χ0v) is 10.5. The summed E-state index contributed by atoms with van der Waals surface area (Å²) in [6.07, 6.45) is 4.37. The molecule has 5 nitrogen and oxygen atoms in total. The summed E-state index contributed by atoms with van der Waals surface area (Å²) >= 11 is 0. The Bertz CT molecular complexity index is 346. The van der Waals surface area contributed by atoms with E-state index in [2.05, 4.69) is 15.5 Å². The first-order chi connectivity index (χ1) is 7.93. The lowest BCUT2D eigenvalue weighted by molar-refractivity contribution is 0.103. The maximum absolute atomic E-state index is 5.54. The Morgan fingerprint density at radius 1 is 1.18 bits per heavy atom. The molecule has 1 aromatic heterocycles. The number of hydrogen-bond acceptors (Lipinski definition) is 5. The molecule has 1 atom stereocenters. The first-order valence-corrected chi connectivity index (χ1v) is 6.09. The molecule has 3 heterocycles. The van der Waals surface area contributed by atoms with E-state index in [1.807, 2.05) is 0 Å². The van der Waals surface area contributed by atoms with Gasteiger partial charge in [0.25, 0.3) is 0 Å². The van der Waals surface area contributed by atoms with Crippen LogP contribution in [0.1, 0.15) is 49.4 Å². The van der Waals surface area contributed by atoms with Gasteiger partial charge in [-0.1, -0.05) is 5.16 Å². The Morgan fingerprint density at radius 3 is 2.71 bits per heavy atom. The van der Waals surface area contributed by atoms with Gasteiger partial charge in [-0.05, 0) is 38.8 Å². The van der Waals surface area contributed by atoms with Gasteiger partial charge in [-0.3, -0.25) is 0 Å². The molecule has 0 amide bonds. The van der Waals surface area contributed by atoms with E-state index in [4.69, 9.17) is 9.26 Å². The molecule has 6 heteroatoms. The SMILES string of the molecule is C1COC(c2noc(C3CCNCC3)n2)C1.Cl. The van der Waals surface area contributed by atoms with Crippen LogP contribution in [0.15, 0.2) is 4.52 Å². The molecule has 1 N–H and O–H groups in total. The first kappa shape index (κ1) is 12.8. The highest BCUT2D eigenvalue weighted by molar-refractivity contribution is 5.85. The van der Waals surface area contributed by atoms with Gasteiger partial charge in [0, 0.05) is 12.5 Å². The molecule has 0 radical (unpaired) electrons. The van der Waals surface area contributed by atoms with Crippen molar-refractivity contribution in [2.45, 2.75) is 37.7 Å². The van der Waals surface area contributed by atoms with Crippen molar-refractivity contribution in [1.29, 1.82) is 0 Å². The summed E-state index contributed by atoms with van der Waals surface area (Å²) in [5.41, 5.74) is 0. The second-order valence-electron chi connectivity index (χ2n) is 4.52. The Kier molecular flexibility index (Phi) is 4.36. The number of halogens is 1. The lowest BCUT2D eigenvalue weighted by atomic mass is 9.98. The number of piperidine rings is 1. The van der Waals surface area contributed by atoms with Gasteiger partial charge in [0.1, 0.15) is 6.10 Å². The van der Waals surface area contributed by atoms with Crippen molar-refractivity contribution >= 4 is 12.4 Å². The maximum Gasteiger partial charge on any atom is 0.229 e. The van der Waals surface area contributed by atoms with Crippen molar-refractivity contribution in [3.63, 3.8) is 0 Å². The van der Waals surface area contributed by atoms with Crippen LogP contribution in [0.2, 0.25) is 0 Å². The average molecular weight is 260 g/mol. The predicted octanol–water partition coefficient (Wildman–Crippen LogP) is 1.81. The molecule has 1 aromatic rings. The van der Waals surface area contributed by atoms with Crippen LogP contribution >= 0.6 is 12.4 Å². The minimum Gasteiger partial charge on any atom is -0.370 e. The Balaban J connectivity index is 0.00000108. The zero-order valence-electron chi connectivity index (χ0n) is 9.72. The molecular formula is C11H18ClN3O2. The van der Waals surface area contributed by atoms with Gasteiger partial charge in [0.15, 0.2) is 0 Å². The number of nitrogens with one attached hydrogen (secondary N) is 1. The largest absolute Gasteiger partial charge is 0.370 e. The van der Waals surface area contributed by atoms with Crippen LogP contribution < -0.4 is 5.32 Å². The van der Waals surface area contributed by atoms with Crippen LogP contribution in [0, 0.1) is 0 Å². The number of rotatable bonds is 2. The van der Waals surface area contributed by atoms with Gasteiger partial charge in [-0.15, -0.1) is 12.4 Å². The van der Waals surface area contributed by atoms with E-state index in [9.17, 15) is 0 Å². The Morgan fingerprint density at radius 2 is 2.00 bits per heavy atom. The predicted molar refractivity (Wildman–Crippen MR) is 64.3 cm³/mol. The molecule has 0 aliphatic carbocycles. The van der Waals surface area contributed by atoms with Crippen LogP contribution in [0.5, 0.6) is 0 Å². The third-order valence-corrected chi connectivity index (χ3v) is 3.36. The van der Waals surface area contributed by atoms with Crippen LogP contribution in [-0.2, 0) is 4.74 Å². The topological polar surface area (TPSA) is 60.2 Å². The van der Waals surface area contributed by atoms with Crippen molar-refractivity contribution in [2.75, 3.05) is 19.7 Å². The Hall–Kier alpha value is -0.650. The standard InChI is InChI=1S/C11H17N3O2.ClH/c1-2-9(15-7-1)10-13-11(16-14-10)8-3-5-12-6-4-8;/h8-9,12H,1-7H2;1H. The molecule has 0 aromatic carbocycles. The molecule has 2 saturated heterocycles. The van der Waals surface area contributed by atoms with Crippen molar-refractivity contribution < 1.29 is 9.26 Å². The summed E-state index contributed by atoms with van der Waals surface area (Å²) in [6, 6.07) is 0. The summed E-state index contributed by atoms with van der Waals surface area (Å²) in [7, 11) is 0. The van der Waals surface area contributed by atoms with E-state index in [0.717, 1.165) is 57.1 Å². The molecule has 0 saturated carbocycles. The highest BCUT2D eigenvalue weighted by Crippen LogP contribution is 2.29. The molecule has 0 spiro atoms. The van der Waals surface area contributed by atoms with Gasteiger partial charge in [-0.2, -0.15) is 4.98 Å². The fraction of sp³-hybridized carbons (Fsp3) is 0.818. The highest BCUT2D eigenvalue weighted by Gasteiger charge is 2.26. The van der Waals surface area contributed by atoms with Crippen LogP contribution in [-0.4, -0.2) is 29.8 Å². The van der Waals surface area contributed by atoms with E-state index >= 15 is 0 Å². The molecular weight excluding hydrogens is 242 g/mol. The van der Waals surface area contributed by atoms with Crippen molar-refractivity contribution in [3.8, 4) is 0 Å². The van der Waals surface area contributed by atoms with Crippen LogP contribution in [0.3, 0.4) is 0 Å². The summed E-state index contributed by atoms with van der Waals surface area (Å²) in [5.74, 6) is 1.97. The normalized spacial score (nSPS) is 25.8. The van der Waals surface area contributed by atoms with Gasteiger partial charge in [0.05, 0.1) is 0 Å². The molecule has 96 valence electrons. The van der Waals surface area contributed by atoms with E-state index in [1.165, 1.54) is 0 Å². The summed E-state index contributed by atoms with van der Waals surface area (Å²) in [4.78, 5) is 4.49. The van der Waals surface area contributed by atoms with E-state index in [0.29, 0.717) is 5.92 Å². The fourth-order valence-electron chi connectivity index (χ4n) is 2.39. The van der Waals surface area contributed by atoms with Crippen LogP contribution in [0.4, 0.5) is 0 Å². The average Bonchev–Trinajstić information content (AvgIpc) is 3.01. The third-order valence-electron chi connectivity index (χ3n) is 3.36. The zero-order chi connectivity index (χ0) is 10.8.